The molecular formula is C13H7ClF2N4O5S. The molecular weight excluding hydrogens is 398 g/mol. The summed E-state index contributed by atoms with van der Waals surface area (Å²) in [5.41, 5.74) is -1.10. The summed E-state index contributed by atoms with van der Waals surface area (Å²) in [4.78, 5) is 44.6. The molecule has 0 amide bonds. The van der Waals surface area contributed by atoms with Crippen molar-refractivity contribution in [3.8, 4) is 0 Å². The van der Waals surface area contributed by atoms with Crippen molar-refractivity contribution in [3.05, 3.63) is 46.3 Å². The number of carbonyl (C=O) groups excluding carboxylic acids is 3. The molecule has 136 valence electrons. The third-order valence-corrected chi connectivity index (χ3v) is 4.09. The quantitative estimate of drug-likeness (QED) is 0.539. The highest BCUT2D eigenvalue weighted by molar-refractivity contribution is 7.93. The van der Waals surface area contributed by atoms with Crippen LogP contribution in [0.5, 0.6) is 0 Å². The molecule has 9 nitrogen and oxygen atoms in total. The second-order valence-electron chi connectivity index (χ2n) is 4.51. The molecule has 0 aliphatic carbocycles. The first-order valence-electron chi connectivity index (χ1n) is 6.49. The number of para-hydroxylation sites is 1. The van der Waals surface area contributed by atoms with E-state index in [9.17, 15) is 31.6 Å². The van der Waals surface area contributed by atoms with Crippen molar-refractivity contribution in [2.75, 3.05) is 4.72 Å². The topological polar surface area (TPSA) is 136 Å². The minimum atomic E-state index is -5.12. The molecule has 0 fully saturated rings. The SMILES string of the molecule is O=Cc1nc(C=O)nc(C(=O)c2cccc(Cl)c2NS(=O)(=O)C(F)F)n1. The predicted molar refractivity (Wildman–Crippen MR) is 84.0 cm³/mol. The highest BCUT2D eigenvalue weighted by Gasteiger charge is 2.28. The number of anilines is 1. The summed E-state index contributed by atoms with van der Waals surface area (Å²) in [6.07, 6.45) is 0.313. The summed E-state index contributed by atoms with van der Waals surface area (Å²) >= 11 is 5.80. The number of hydrogen-bond donors (Lipinski definition) is 1. The summed E-state index contributed by atoms with van der Waals surface area (Å²) in [5.74, 6) is -6.58. The van der Waals surface area contributed by atoms with E-state index in [0.29, 0.717) is 0 Å². The Morgan fingerprint density at radius 3 is 2.19 bits per heavy atom. The number of aldehydes is 2. The number of hydrogen-bond acceptors (Lipinski definition) is 8. The van der Waals surface area contributed by atoms with Crippen LogP contribution in [-0.4, -0.2) is 47.5 Å². The van der Waals surface area contributed by atoms with Crippen LogP contribution in [0.3, 0.4) is 0 Å². The van der Waals surface area contributed by atoms with Crippen molar-refractivity contribution in [2.45, 2.75) is 5.76 Å². The first-order valence-corrected chi connectivity index (χ1v) is 8.41. The van der Waals surface area contributed by atoms with Crippen LogP contribution in [-0.2, 0) is 10.0 Å². The molecule has 1 aromatic carbocycles. The number of halogens is 3. The monoisotopic (exact) mass is 404 g/mol. The molecule has 0 atom stereocenters. The maximum absolute atomic E-state index is 12.6. The van der Waals surface area contributed by atoms with E-state index in [1.807, 2.05) is 0 Å². The first kappa shape index (κ1) is 19.5. The number of nitrogens with zero attached hydrogens (tertiary/aromatic N) is 3. The molecule has 1 N–H and O–H groups in total. The van der Waals surface area contributed by atoms with Gasteiger partial charge in [-0.25, -0.2) is 23.4 Å². The molecule has 26 heavy (non-hydrogen) atoms. The lowest BCUT2D eigenvalue weighted by Crippen LogP contribution is -2.23. The minimum Gasteiger partial charge on any atom is -0.294 e. The highest BCUT2D eigenvalue weighted by atomic mass is 35.5. The normalized spacial score (nSPS) is 11.2. The number of nitrogens with one attached hydrogen (secondary N) is 1. The van der Waals surface area contributed by atoms with Gasteiger partial charge < -0.3 is 0 Å². The maximum atomic E-state index is 12.6. The van der Waals surface area contributed by atoms with Gasteiger partial charge in [-0.2, -0.15) is 8.78 Å². The largest absolute Gasteiger partial charge is 0.355 e. The highest BCUT2D eigenvalue weighted by Crippen LogP contribution is 2.29. The molecule has 0 bridgehead atoms. The van der Waals surface area contributed by atoms with Crippen LogP contribution in [0.25, 0.3) is 0 Å². The molecule has 0 saturated carbocycles. The standard InChI is InChI=1S/C13H7ClF2N4O5S/c14-7-3-1-2-6(10(7)20-26(24,25)13(15)16)11(23)12-18-8(4-21)17-9(5-22)19-12/h1-5,13,20H. The van der Waals surface area contributed by atoms with Crippen LogP contribution in [0.1, 0.15) is 37.4 Å². The average Bonchev–Trinajstić information content (AvgIpc) is 2.62. The fourth-order valence-electron chi connectivity index (χ4n) is 1.74. The van der Waals surface area contributed by atoms with Crippen LogP contribution >= 0.6 is 11.6 Å². The Kier molecular flexibility index (Phi) is 5.67. The van der Waals surface area contributed by atoms with E-state index < -0.39 is 50.3 Å². The molecule has 2 aromatic rings. The van der Waals surface area contributed by atoms with Crippen molar-refractivity contribution in [3.63, 3.8) is 0 Å². The summed E-state index contributed by atoms with van der Waals surface area (Å²) in [5, 5.41) is -0.347. The molecule has 0 radical (unpaired) electrons. The van der Waals surface area contributed by atoms with E-state index in [1.165, 1.54) is 10.8 Å². The smallest absolute Gasteiger partial charge is 0.294 e. The molecule has 0 aliphatic heterocycles. The zero-order valence-electron chi connectivity index (χ0n) is 12.4. The molecule has 0 unspecified atom stereocenters. The Hall–Kier alpha value is -2.86. The summed E-state index contributed by atoms with van der Waals surface area (Å²) < 4.78 is 49.5. The Morgan fingerprint density at radius 2 is 1.69 bits per heavy atom. The Balaban J connectivity index is 2.59. The average molecular weight is 405 g/mol. The van der Waals surface area contributed by atoms with Crippen LogP contribution in [0, 0.1) is 0 Å². The van der Waals surface area contributed by atoms with Crippen LogP contribution < -0.4 is 4.72 Å². The van der Waals surface area contributed by atoms with Crippen LogP contribution in [0.2, 0.25) is 5.02 Å². The van der Waals surface area contributed by atoms with Gasteiger partial charge >= 0.3 is 5.76 Å². The van der Waals surface area contributed by atoms with Gasteiger partial charge in [-0.15, -0.1) is 0 Å². The maximum Gasteiger partial charge on any atom is 0.355 e. The van der Waals surface area contributed by atoms with Crippen molar-refractivity contribution in [1.82, 2.24) is 15.0 Å². The Morgan fingerprint density at radius 1 is 1.12 bits per heavy atom. The Bertz CT molecular complexity index is 974. The van der Waals surface area contributed by atoms with Crippen molar-refractivity contribution in [1.29, 1.82) is 0 Å². The van der Waals surface area contributed by atoms with Gasteiger partial charge in [0.05, 0.1) is 16.3 Å². The van der Waals surface area contributed by atoms with E-state index in [1.54, 1.807) is 0 Å². The van der Waals surface area contributed by atoms with Gasteiger partial charge in [-0.3, -0.25) is 19.1 Å². The summed E-state index contributed by atoms with van der Waals surface area (Å²) in [6, 6.07) is 3.48. The Labute approximate surface area is 149 Å². The molecule has 13 heteroatoms. The zero-order chi connectivity index (χ0) is 19.5. The number of rotatable bonds is 7. The number of sulfonamides is 1. The molecule has 0 aliphatic rings. The van der Waals surface area contributed by atoms with E-state index in [0.717, 1.165) is 12.1 Å². The molecule has 2 rings (SSSR count). The predicted octanol–water partition coefficient (Wildman–Crippen LogP) is 1.35. The van der Waals surface area contributed by atoms with Gasteiger partial charge in [-0.05, 0) is 12.1 Å². The molecule has 1 heterocycles. The fraction of sp³-hybridized carbons (Fsp3) is 0.0769. The van der Waals surface area contributed by atoms with E-state index in [4.69, 9.17) is 11.6 Å². The second-order valence-corrected chi connectivity index (χ2v) is 6.57. The van der Waals surface area contributed by atoms with Gasteiger partial charge in [0.2, 0.25) is 11.6 Å². The van der Waals surface area contributed by atoms with Gasteiger partial charge in [0, 0.05) is 0 Å². The number of alkyl halides is 2. The van der Waals surface area contributed by atoms with E-state index in [2.05, 4.69) is 15.0 Å². The van der Waals surface area contributed by atoms with Crippen molar-refractivity contribution in [2.24, 2.45) is 0 Å². The van der Waals surface area contributed by atoms with Crippen LogP contribution in [0.4, 0.5) is 14.5 Å². The number of ketones is 1. The number of benzene rings is 1. The van der Waals surface area contributed by atoms with Gasteiger partial charge in [0.15, 0.2) is 24.2 Å². The lowest BCUT2D eigenvalue weighted by atomic mass is 10.1. The summed E-state index contributed by atoms with van der Waals surface area (Å²) in [6.45, 7) is 0. The first-order chi connectivity index (χ1) is 12.2. The minimum absolute atomic E-state index is 0.157. The third-order valence-electron chi connectivity index (χ3n) is 2.82. The number of aromatic nitrogens is 3. The number of carbonyl (C=O) groups is 3. The third kappa shape index (κ3) is 4.03. The van der Waals surface area contributed by atoms with Crippen molar-refractivity contribution >= 4 is 45.7 Å². The lowest BCUT2D eigenvalue weighted by Gasteiger charge is -2.12. The van der Waals surface area contributed by atoms with Gasteiger partial charge in [-0.1, -0.05) is 17.7 Å². The van der Waals surface area contributed by atoms with Crippen LogP contribution in [0.15, 0.2) is 18.2 Å². The van der Waals surface area contributed by atoms with Crippen molar-refractivity contribution < 1.29 is 31.6 Å². The lowest BCUT2D eigenvalue weighted by molar-refractivity contribution is 0.102. The second kappa shape index (κ2) is 7.58. The van der Waals surface area contributed by atoms with E-state index in [-0.39, 0.29) is 17.6 Å². The molecule has 0 spiro atoms. The molecule has 0 saturated heterocycles. The van der Waals surface area contributed by atoms with Gasteiger partial charge in [0.25, 0.3) is 10.0 Å². The van der Waals surface area contributed by atoms with E-state index >= 15 is 0 Å². The summed E-state index contributed by atoms with van der Waals surface area (Å²) in [7, 11) is -5.12. The zero-order valence-corrected chi connectivity index (χ0v) is 14.0. The van der Waals surface area contributed by atoms with Gasteiger partial charge in [0.1, 0.15) is 0 Å². The fourth-order valence-corrected chi connectivity index (χ4v) is 2.61. The molecule has 1 aromatic heterocycles.